The molecule has 0 fully saturated rings. The van der Waals surface area contributed by atoms with Crippen molar-refractivity contribution in [1.29, 1.82) is 0 Å². The molecule has 0 aliphatic rings. The normalized spacial score (nSPS) is 10.8. The molecule has 0 spiro atoms. The fourth-order valence-electron chi connectivity index (χ4n) is 2.51. The number of H-pyrrole nitrogens is 1. The maximum atomic E-state index is 9.24. The molecule has 0 radical (unpaired) electrons. The van der Waals surface area contributed by atoms with Gasteiger partial charge in [0.15, 0.2) is 0 Å². The summed E-state index contributed by atoms with van der Waals surface area (Å²) in [5.41, 5.74) is 10.6. The summed E-state index contributed by atoms with van der Waals surface area (Å²) in [6, 6.07) is 7.73. The van der Waals surface area contributed by atoms with E-state index in [4.69, 9.17) is 5.73 Å². The lowest BCUT2D eigenvalue weighted by atomic mass is 10.0. The molecule has 5 nitrogen and oxygen atoms in total. The molecule has 108 valence electrons. The Labute approximate surface area is 118 Å². The molecule has 0 atom stereocenters. The smallest absolute Gasteiger partial charge is 0.0606 e. The molecule has 5 heteroatoms. The molecule has 0 bridgehead atoms. The first-order chi connectivity index (χ1) is 9.67. The second kappa shape index (κ2) is 6.45. The minimum absolute atomic E-state index is 0.0357. The Morgan fingerprint density at radius 3 is 2.45 bits per heavy atom. The van der Waals surface area contributed by atoms with Gasteiger partial charge in [0.2, 0.25) is 0 Å². The Morgan fingerprint density at radius 2 is 1.90 bits per heavy atom. The van der Waals surface area contributed by atoms with Gasteiger partial charge in [0, 0.05) is 41.9 Å². The third-order valence-corrected chi connectivity index (χ3v) is 3.27. The molecule has 0 aliphatic heterocycles. The van der Waals surface area contributed by atoms with Crippen molar-refractivity contribution >= 4 is 11.4 Å². The van der Waals surface area contributed by atoms with Gasteiger partial charge in [0.1, 0.15) is 0 Å². The van der Waals surface area contributed by atoms with Gasteiger partial charge in [-0.1, -0.05) is 0 Å². The molecule has 5 N–H and O–H groups in total. The maximum Gasteiger partial charge on any atom is 0.0606 e. The average molecular weight is 275 g/mol. The van der Waals surface area contributed by atoms with Crippen molar-refractivity contribution in [3.05, 3.63) is 36.0 Å². The van der Waals surface area contributed by atoms with Crippen molar-refractivity contribution in [1.82, 2.24) is 4.98 Å². The summed E-state index contributed by atoms with van der Waals surface area (Å²) in [6.45, 7) is 3.00. The molecular formula is C15H21N3O2. The number of aliphatic hydroxyl groups is 2. The Kier molecular flexibility index (Phi) is 4.65. The average Bonchev–Trinajstić information content (AvgIpc) is 2.91. The number of nitrogens with zero attached hydrogens (tertiary/aromatic N) is 1. The second-order valence-electron chi connectivity index (χ2n) is 4.75. The van der Waals surface area contributed by atoms with Crippen LogP contribution in [0.3, 0.4) is 0 Å². The summed E-state index contributed by atoms with van der Waals surface area (Å²) < 4.78 is 0. The Balaban J connectivity index is 2.54. The minimum atomic E-state index is 0.0357. The van der Waals surface area contributed by atoms with Gasteiger partial charge in [-0.25, -0.2) is 0 Å². The molecule has 0 unspecified atom stereocenters. The number of aryl methyl sites for hydroxylation is 1. The van der Waals surface area contributed by atoms with Crippen molar-refractivity contribution < 1.29 is 10.2 Å². The number of nitrogen functional groups attached to an aromatic ring is 1. The highest BCUT2D eigenvalue weighted by molar-refractivity contribution is 5.82. The zero-order valence-electron chi connectivity index (χ0n) is 11.6. The molecule has 1 aromatic carbocycles. The summed E-state index contributed by atoms with van der Waals surface area (Å²) >= 11 is 0. The zero-order chi connectivity index (χ0) is 14.5. The minimum Gasteiger partial charge on any atom is -0.399 e. The molecule has 0 aliphatic carbocycles. The van der Waals surface area contributed by atoms with Crippen LogP contribution in [0.15, 0.2) is 30.5 Å². The Hall–Kier alpha value is -1.98. The number of anilines is 2. The lowest BCUT2D eigenvalue weighted by Crippen LogP contribution is -2.30. The van der Waals surface area contributed by atoms with E-state index in [0.717, 1.165) is 22.5 Å². The zero-order valence-corrected chi connectivity index (χ0v) is 11.6. The molecule has 1 aromatic heterocycles. The first-order valence-corrected chi connectivity index (χ1v) is 6.68. The standard InChI is InChI=1S/C15H21N3O2/c1-11-9-12(16)10-13(14-3-2-4-17-14)15(11)18(5-7-19)6-8-20/h2-4,9-10,17,19-20H,5-8,16H2,1H3. The number of hydrogen-bond donors (Lipinski definition) is 4. The highest BCUT2D eigenvalue weighted by Gasteiger charge is 2.16. The van der Waals surface area contributed by atoms with E-state index in [-0.39, 0.29) is 13.2 Å². The number of aliphatic hydroxyl groups excluding tert-OH is 2. The van der Waals surface area contributed by atoms with E-state index in [9.17, 15) is 10.2 Å². The van der Waals surface area contributed by atoms with Gasteiger partial charge >= 0.3 is 0 Å². The highest BCUT2D eigenvalue weighted by Crippen LogP contribution is 2.35. The van der Waals surface area contributed by atoms with Crippen LogP contribution in [-0.2, 0) is 0 Å². The number of aromatic nitrogens is 1. The van der Waals surface area contributed by atoms with Gasteiger partial charge in [-0.3, -0.25) is 0 Å². The lowest BCUT2D eigenvalue weighted by molar-refractivity contribution is 0.281. The third-order valence-electron chi connectivity index (χ3n) is 3.27. The van der Waals surface area contributed by atoms with Gasteiger partial charge in [-0.2, -0.15) is 0 Å². The van der Waals surface area contributed by atoms with Crippen molar-refractivity contribution in [2.24, 2.45) is 0 Å². The fraction of sp³-hybridized carbons (Fsp3) is 0.333. The van der Waals surface area contributed by atoms with Crippen LogP contribution in [0.5, 0.6) is 0 Å². The molecule has 1 heterocycles. The third kappa shape index (κ3) is 2.95. The second-order valence-corrected chi connectivity index (χ2v) is 4.75. The number of aromatic amines is 1. The van der Waals surface area contributed by atoms with Gasteiger partial charge < -0.3 is 25.8 Å². The van der Waals surface area contributed by atoms with E-state index >= 15 is 0 Å². The van der Waals surface area contributed by atoms with Crippen molar-refractivity contribution in [2.45, 2.75) is 6.92 Å². The van der Waals surface area contributed by atoms with Crippen LogP contribution in [0.1, 0.15) is 5.56 Å². The summed E-state index contributed by atoms with van der Waals surface area (Å²) in [7, 11) is 0. The molecule has 0 amide bonds. The highest BCUT2D eigenvalue weighted by atomic mass is 16.3. The molecule has 2 aromatic rings. The van der Waals surface area contributed by atoms with Crippen LogP contribution < -0.4 is 10.6 Å². The Bertz CT molecular complexity index is 546. The van der Waals surface area contributed by atoms with Crippen LogP contribution in [0.4, 0.5) is 11.4 Å². The summed E-state index contributed by atoms with van der Waals surface area (Å²) in [5, 5.41) is 18.5. The monoisotopic (exact) mass is 275 g/mol. The van der Waals surface area contributed by atoms with E-state index in [1.54, 1.807) is 0 Å². The number of hydrogen-bond acceptors (Lipinski definition) is 4. The van der Waals surface area contributed by atoms with Crippen molar-refractivity contribution in [3.63, 3.8) is 0 Å². The van der Waals surface area contributed by atoms with E-state index in [0.29, 0.717) is 18.8 Å². The van der Waals surface area contributed by atoms with Gasteiger partial charge in [-0.15, -0.1) is 0 Å². The lowest BCUT2D eigenvalue weighted by Gasteiger charge is -2.27. The summed E-state index contributed by atoms with van der Waals surface area (Å²) in [6.07, 6.45) is 1.86. The van der Waals surface area contributed by atoms with Crippen LogP contribution in [0.25, 0.3) is 11.3 Å². The molecular weight excluding hydrogens is 254 g/mol. The predicted octanol–water partition coefficient (Wildman–Crippen LogP) is 1.36. The van der Waals surface area contributed by atoms with E-state index in [2.05, 4.69) is 4.98 Å². The van der Waals surface area contributed by atoms with Gasteiger partial charge in [0.25, 0.3) is 0 Å². The van der Waals surface area contributed by atoms with Crippen molar-refractivity contribution in [3.8, 4) is 11.3 Å². The quantitative estimate of drug-likeness (QED) is 0.600. The number of rotatable bonds is 6. The van der Waals surface area contributed by atoms with Gasteiger partial charge in [0.05, 0.1) is 13.2 Å². The number of nitrogens with one attached hydrogen (secondary N) is 1. The van der Waals surface area contributed by atoms with E-state index in [1.807, 2.05) is 42.3 Å². The largest absolute Gasteiger partial charge is 0.399 e. The summed E-state index contributed by atoms with van der Waals surface area (Å²) in [5.74, 6) is 0. The topological polar surface area (TPSA) is 85.5 Å². The van der Waals surface area contributed by atoms with Crippen molar-refractivity contribution in [2.75, 3.05) is 36.9 Å². The van der Waals surface area contributed by atoms with E-state index in [1.165, 1.54) is 0 Å². The predicted molar refractivity (Wildman–Crippen MR) is 81.8 cm³/mol. The molecule has 2 rings (SSSR count). The first kappa shape index (κ1) is 14.4. The van der Waals surface area contributed by atoms with Crippen LogP contribution >= 0.6 is 0 Å². The molecule has 0 saturated carbocycles. The SMILES string of the molecule is Cc1cc(N)cc(-c2ccc[nH]2)c1N(CCO)CCO. The Morgan fingerprint density at radius 1 is 1.20 bits per heavy atom. The van der Waals surface area contributed by atoms with Crippen LogP contribution in [0.2, 0.25) is 0 Å². The fourth-order valence-corrected chi connectivity index (χ4v) is 2.51. The number of benzene rings is 1. The van der Waals surface area contributed by atoms with Crippen LogP contribution in [-0.4, -0.2) is 41.5 Å². The number of nitrogens with two attached hydrogens (primary N) is 1. The molecule has 20 heavy (non-hydrogen) atoms. The first-order valence-electron chi connectivity index (χ1n) is 6.68. The maximum absolute atomic E-state index is 9.24. The van der Waals surface area contributed by atoms with E-state index < -0.39 is 0 Å². The summed E-state index contributed by atoms with van der Waals surface area (Å²) in [4.78, 5) is 5.16. The van der Waals surface area contributed by atoms with Gasteiger partial charge in [-0.05, 0) is 36.8 Å². The van der Waals surface area contributed by atoms with Crippen LogP contribution in [0, 0.1) is 6.92 Å². The molecule has 0 saturated heterocycles.